The molecule has 5 aromatic rings. The lowest BCUT2D eigenvalue weighted by atomic mass is 9.87. The van der Waals surface area contributed by atoms with Crippen LogP contribution >= 0.6 is 0 Å². The summed E-state index contributed by atoms with van der Waals surface area (Å²) < 4.78 is 3.54. The average molecular weight is 512 g/mol. The fraction of sp³-hybridized carbons (Fsp3) is 0.233. The van der Waals surface area contributed by atoms with Gasteiger partial charge in [0.2, 0.25) is 0 Å². The number of hydrogen-bond acceptors (Lipinski definition) is 7. The first-order valence-electron chi connectivity index (χ1n) is 12.9. The third-order valence-electron chi connectivity index (χ3n) is 7.84. The van der Waals surface area contributed by atoms with Gasteiger partial charge in [0.1, 0.15) is 17.6 Å². The number of aryl methyl sites for hydroxylation is 1. The number of hydrogen-bond donors (Lipinski definition) is 0. The van der Waals surface area contributed by atoms with Gasteiger partial charge in [-0.05, 0) is 36.2 Å². The molecule has 3 saturated heterocycles. The summed E-state index contributed by atoms with van der Waals surface area (Å²) in [4.78, 5) is 14.1. The van der Waals surface area contributed by atoms with E-state index in [1.54, 1.807) is 15.4 Å². The Hall–Kier alpha value is -4.99. The van der Waals surface area contributed by atoms with Crippen molar-refractivity contribution in [2.24, 2.45) is 7.05 Å². The Morgan fingerprint density at radius 1 is 0.949 bits per heavy atom. The van der Waals surface area contributed by atoms with E-state index in [2.05, 4.69) is 61.2 Å². The lowest BCUT2D eigenvalue weighted by Crippen LogP contribution is -2.68. The molecular weight excluding hydrogens is 486 g/mol. The second-order valence-corrected chi connectivity index (χ2v) is 10.2. The summed E-state index contributed by atoms with van der Waals surface area (Å²) in [5.74, 6) is 3.55. The predicted octanol–water partition coefficient (Wildman–Crippen LogP) is 3.51. The number of rotatable bonds is 5. The number of terminal acetylenes is 1. The van der Waals surface area contributed by atoms with Crippen LogP contribution in [-0.4, -0.2) is 59.4 Å². The number of fused-ring (bicyclic) bond motifs is 3. The summed E-state index contributed by atoms with van der Waals surface area (Å²) >= 11 is 0. The molecule has 190 valence electrons. The molecule has 9 nitrogen and oxygen atoms in total. The monoisotopic (exact) mass is 511 g/mol. The molecule has 0 spiro atoms. The van der Waals surface area contributed by atoms with E-state index in [1.807, 2.05) is 44.1 Å². The molecule has 0 aliphatic carbocycles. The number of pyridine rings is 3. The highest BCUT2D eigenvalue weighted by Crippen LogP contribution is 2.36. The van der Waals surface area contributed by atoms with Gasteiger partial charge in [-0.2, -0.15) is 15.5 Å². The molecule has 3 fully saturated rings. The van der Waals surface area contributed by atoms with Crippen LogP contribution in [0, 0.1) is 23.7 Å². The van der Waals surface area contributed by atoms with Crippen LogP contribution in [0.3, 0.4) is 0 Å². The van der Waals surface area contributed by atoms with Gasteiger partial charge in [-0.3, -0.25) is 9.58 Å². The second-order valence-electron chi connectivity index (χ2n) is 10.2. The fourth-order valence-corrected chi connectivity index (χ4v) is 5.83. The van der Waals surface area contributed by atoms with Gasteiger partial charge in [-0.1, -0.05) is 12.0 Å². The van der Waals surface area contributed by atoms with Crippen LogP contribution in [0.5, 0.6) is 0 Å². The average Bonchev–Trinajstić information content (AvgIpc) is 3.62. The van der Waals surface area contributed by atoms with E-state index in [0.717, 1.165) is 53.2 Å². The summed E-state index contributed by atoms with van der Waals surface area (Å²) in [7, 11) is 1.89. The molecule has 2 atom stereocenters. The van der Waals surface area contributed by atoms with Crippen LogP contribution in [0.25, 0.3) is 27.8 Å². The van der Waals surface area contributed by atoms with E-state index in [-0.39, 0.29) is 0 Å². The van der Waals surface area contributed by atoms with E-state index in [9.17, 15) is 5.26 Å². The van der Waals surface area contributed by atoms with Gasteiger partial charge in [-0.25, -0.2) is 14.5 Å². The van der Waals surface area contributed by atoms with Crippen LogP contribution in [0.15, 0.2) is 67.5 Å². The highest BCUT2D eigenvalue weighted by Gasteiger charge is 2.44. The number of aromatic nitrogens is 6. The molecule has 3 aliphatic rings. The van der Waals surface area contributed by atoms with Crippen molar-refractivity contribution >= 4 is 11.3 Å². The zero-order valence-corrected chi connectivity index (χ0v) is 21.4. The quantitative estimate of drug-likeness (QED) is 0.334. The fourth-order valence-electron chi connectivity index (χ4n) is 5.83. The minimum atomic E-state index is 0.498. The van der Waals surface area contributed by atoms with Gasteiger partial charge in [0, 0.05) is 85.8 Å². The minimum Gasteiger partial charge on any atom is -0.353 e. The molecule has 0 amide bonds. The molecule has 0 aromatic carbocycles. The Labute approximate surface area is 226 Å². The zero-order chi connectivity index (χ0) is 26.5. The Morgan fingerprint density at radius 3 is 2.49 bits per heavy atom. The van der Waals surface area contributed by atoms with Crippen molar-refractivity contribution < 1.29 is 0 Å². The molecule has 0 radical (unpaired) electrons. The largest absolute Gasteiger partial charge is 0.353 e. The first kappa shape index (κ1) is 23.2. The van der Waals surface area contributed by atoms with Gasteiger partial charge < -0.3 is 4.90 Å². The number of piperidine rings is 1. The van der Waals surface area contributed by atoms with E-state index in [1.165, 1.54) is 12.0 Å². The highest BCUT2D eigenvalue weighted by atomic mass is 15.4. The van der Waals surface area contributed by atoms with Crippen molar-refractivity contribution in [3.8, 4) is 40.7 Å². The standard InChI is InChI=1S/C30H25N9/c1-3-25-6-4-20(11-32-25)15-38-26-9-27(38)19-37(18-26)29-7-5-21(12-33-29)28-8-22(24-14-34-36(2)16-24)17-39-30(28)23(10-31)13-35-39/h1,4-8,11-14,16-17,26-27H,9,15,18-19H2,2H3. The maximum atomic E-state index is 9.71. The summed E-state index contributed by atoms with van der Waals surface area (Å²) in [5.41, 5.74) is 6.99. The van der Waals surface area contributed by atoms with Crippen molar-refractivity contribution in [1.29, 1.82) is 5.26 Å². The first-order chi connectivity index (χ1) is 19.1. The zero-order valence-electron chi connectivity index (χ0n) is 21.4. The molecule has 3 aliphatic heterocycles. The predicted molar refractivity (Wildman–Crippen MR) is 147 cm³/mol. The summed E-state index contributed by atoms with van der Waals surface area (Å²) in [5, 5.41) is 18.5. The van der Waals surface area contributed by atoms with E-state index < -0.39 is 0 Å². The molecular formula is C30H25N9. The van der Waals surface area contributed by atoms with Crippen LogP contribution in [0.2, 0.25) is 0 Å². The summed E-state index contributed by atoms with van der Waals surface area (Å²) in [6.45, 7) is 2.78. The summed E-state index contributed by atoms with van der Waals surface area (Å²) in [6, 6.07) is 13.5. The van der Waals surface area contributed by atoms with Crippen molar-refractivity contribution in [2.75, 3.05) is 18.0 Å². The van der Waals surface area contributed by atoms with Crippen molar-refractivity contribution in [3.63, 3.8) is 0 Å². The lowest BCUT2D eigenvalue weighted by Gasteiger charge is -2.56. The Morgan fingerprint density at radius 2 is 1.82 bits per heavy atom. The van der Waals surface area contributed by atoms with Crippen LogP contribution in [0.1, 0.15) is 23.2 Å². The molecule has 2 unspecified atom stereocenters. The normalized spacial score (nSPS) is 18.5. The maximum absolute atomic E-state index is 9.71. The number of nitriles is 1. The van der Waals surface area contributed by atoms with Gasteiger partial charge in [0.05, 0.1) is 23.5 Å². The molecule has 9 heteroatoms. The van der Waals surface area contributed by atoms with E-state index in [0.29, 0.717) is 23.3 Å². The van der Waals surface area contributed by atoms with Gasteiger partial charge >= 0.3 is 0 Å². The van der Waals surface area contributed by atoms with Crippen molar-refractivity contribution in [1.82, 2.24) is 34.3 Å². The molecule has 0 saturated carbocycles. The molecule has 0 N–H and O–H groups in total. The highest BCUT2D eigenvalue weighted by molar-refractivity contribution is 5.87. The van der Waals surface area contributed by atoms with Gasteiger partial charge in [0.25, 0.3) is 0 Å². The molecule has 8 rings (SSSR count). The second kappa shape index (κ2) is 9.09. The Bertz CT molecular complexity index is 1750. The smallest absolute Gasteiger partial charge is 0.128 e. The van der Waals surface area contributed by atoms with Crippen molar-refractivity contribution in [2.45, 2.75) is 25.0 Å². The minimum absolute atomic E-state index is 0.498. The van der Waals surface area contributed by atoms with Gasteiger partial charge in [0.15, 0.2) is 0 Å². The van der Waals surface area contributed by atoms with Gasteiger partial charge in [-0.15, -0.1) is 6.42 Å². The lowest BCUT2D eigenvalue weighted by molar-refractivity contribution is -0.00875. The SMILES string of the molecule is C#Cc1ccc(CN2C3CC2CN(c2ccc(-c4cc(-c5cnn(C)c5)cn5ncc(C#N)c45)cn2)C3)cn1. The van der Waals surface area contributed by atoms with Crippen LogP contribution in [0.4, 0.5) is 5.82 Å². The number of nitrogens with zero attached hydrogens (tertiary/aromatic N) is 9. The molecule has 5 aromatic heterocycles. The Balaban J connectivity index is 1.13. The molecule has 8 heterocycles. The Kier molecular flexibility index (Phi) is 5.39. The first-order valence-corrected chi connectivity index (χ1v) is 12.9. The van der Waals surface area contributed by atoms with Crippen LogP contribution in [-0.2, 0) is 13.6 Å². The van der Waals surface area contributed by atoms with E-state index in [4.69, 9.17) is 11.4 Å². The summed E-state index contributed by atoms with van der Waals surface area (Å²) in [6.07, 6.45) is 17.8. The number of anilines is 1. The van der Waals surface area contributed by atoms with E-state index >= 15 is 0 Å². The number of piperazine rings is 1. The van der Waals surface area contributed by atoms with Crippen LogP contribution < -0.4 is 4.90 Å². The molecule has 2 bridgehead atoms. The van der Waals surface area contributed by atoms with Crippen molar-refractivity contribution in [3.05, 3.63) is 84.3 Å². The topological polar surface area (TPSA) is 91.2 Å². The third-order valence-corrected chi connectivity index (χ3v) is 7.84. The maximum Gasteiger partial charge on any atom is 0.128 e. The third kappa shape index (κ3) is 4.01. The molecule has 39 heavy (non-hydrogen) atoms.